The molecule has 658 valence electrons. The van der Waals surface area contributed by atoms with E-state index in [4.69, 9.17) is 37.9 Å². The van der Waals surface area contributed by atoms with Gasteiger partial charge in [-0.05, 0) is 226 Å². The molecule has 8 heteroatoms. The van der Waals surface area contributed by atoms with Crippen molar-refractivity contribution in [3.8, 4) is 46.0 Å². The fraction of sp³-hybridized carbons (Fsp3) is 0.526. The van der Waals surface area contributed by atoms with Crippen LogP contribution in [0.2, 0.25) is 0 Å². The van der Waals surface area contributed by atoms with Gasteiger partial charge in [0, 0.05) is 51.4 Å². The van der Waals surface area contributed by atoms with Crippen LogP contribution in [0.5, 0.6) is 46.0 Å². The second kappa shape index (κ2) is 38.1. The number of rotatable bonds is 18. The van der Waals surface area contributed by atoms with Crippen LogP contribution >= 0.6 is 0 Å². The van der Waals surface area contributed by atoms with Crippen molar-refractivity contribution in [3.63, 3.8) is 0 Å². The Kier molecular flexibility index (Phi) is 29.3. The second-order valence-electron chi connectivity index (χ2n) is 43.8. The van der Waals surface area contributed by atoms with Crippen LogP contribution < -0.4 is 37.9 Å². The zero-order valence-electron chi connectivity index (χ0n) is 81.4. The maximum absolute atomic E-state index is 8.01. The average molecular weight is 1650 g/mol. The summed E-state index contributed by atoms with van der Waals surface area (Å²) in [6, 6.07) is 48.2. The van der Waals surface area contributed by atoms with Crippen LogP contribution in [0.1, 0.15) is 391 Å². The Morgan fingerprint density at radius 1 is 0.197 bits per heavy atom. The van der Waals surface area contributed by atoms with Gasteiger partial charge in [-0.15, -0.1) is 0 Å². The Morgan fingerprint density at radius 2 is 0.328 bits per heavy atom. The number of hydrogen-bond acceptors (Lipinski definition) is 8. The van der Waals surface area contributed by atoms with Gasteiger partial charge in [-0.2, -0.15) is 0 Å². The van der Waals surface area contributed by atoms with Crippen molar-refractivity contribution >= 4 is 0 Å². The lowest BCUT2D eigenvalue weighted by Gasteiger charge is -2.29. The summed E-state index contributed by atoms with van der Waals surface area (Å²) >= 11 is 0. The highest BCUT2D eigenvalue weighted by molar-refractivity contribution is 5.64. The van der Waals surface area contributed by atoms with E-state index in [1.807, 2.05) is 0 Å². The summed E-state index contributed by atoms with van der Waals surface area (Å²) in [6.45, 7) is 73.8. The molecule has 9 aromatic rings. The first kappa shape index (κ1) is 94.1. The third-order valence-corrected chi connectivity index (χ3v) is 24.5. The van der Waals surface area contributed by atoms with Gasteiger partial charge >= 0.3 is 0 Å². The first-order valence-corrected chi connectivity index (χ1v) is 46.6. The molecule has 122 heavy (non-hydrogen) atoms. The Morgan fingerprint density at radius 3 is 0.459 bits per heavy atom. The SMILES string of the molecule is CCCOc1c2cc(C(C)(C)C)cc1Cc1cc(C(C)(C)C)cc(c1OCCC)Cc1cc(C(C)(C)C)cc3c1OCc1ccccc1COc1c(cc(C(C)(C)C)cc1Cc1cc(C(C)(C)C)cc(c1OCCC)Cc1cc(C(C)(C)C)cc(c1OCCC)Cc1cc(C(C)(C)C)cc(c1OCCC)C3)Cc1cc(C(C)(C)C)cc(c1OCCC)C2. The molecule has 11 rings (SSSR count). The van der Waals surface area contributed by atoms with Crippen LogP contribution in [-0.4, -0.2) is 39.6 Å². The maximum atomic E-state index is 8.01. The summed E-state index contributed by atoms with van der Waals surface area (Å²) in [7, 11) is 0. The predicted molar refractivity (Wildman–Crippen MR) is 513 cm³/mol. The highest BCUT2D eigenvalue weighted by Crippen LogP contribution is 2.49. The fourth-order valence-electron chi connectivity index (χ4n) is 17.1. The van der Waals surface area contributed by atoms with Gasteiger partial charge in [0.2, 0.25) is 0 Å². The minimum Gasteiger partial charge on any atom is -0.493 e. The monoisotopic (exact) mass is 1650 g/mol. The van der Waals surface area contributed by atoms with Crippen LogP contribution in [0.25, 0.3) is 0 Å². The Labute approximate surface area is 739 Å². The van der Waals surface area contributed by atoms with Crippen LogP contribution in [0.15, 0.2) is 121 Å². The molecule has 8 nitrogen and oxygen atoms in total. The van der Waals surface area contributed by atoms with Gasteiger partial charge in [0.1, 0.15) is 59.2 Å². The van der Waals surface area contributed by atoms with Crippen molar-refractivity contribution in [1.29, 1.82) is 0 Å². The van der Waals surface area contributed by atoms with Crippen LogP contribution in [0, 0.1) is 0 Å². The standard InChI is InChI=1S/C114H154O8/c1-31-41-115-99-75-47-79-59-93(109(13,14)15)63-83(101(79)117-43-33-3)51-87-67-97(113(25,26)27)69-89-53-85-65-95(111(19,20)21)61-81(103(85)119-45-35-5)49-77-57-92(108(10,11)12)58-78(100(77)116-42-32-2)50-82-62-96(112(22,23)24)66-86(104(82)120-46-36-6)54-90-70-98(114(28,29)30)68-88(106(90)122-72-74-40-38-37-39-73(74)71-121-105(87)89)52-84-64-94(110(16,17)18)60-80(102(84)118-44-34-4)48-76(99)56-91(55-75)107(7,8)9/h37-40,55-70H,31-36,41-54,71-72H2,1-30H3. The lowest BCUT2D eigenvalue weighted by molar-refractivity contribution is 0.279. The number of ether oxygens (including phenoxy) is 8. The molecule has 0 saturated heterocycles. The zero-order valence-corrected chi connectivity index (χ0v) is 81.4. The molecule has 2 heterocycles. The normalized spacial score (nSPS) is 14.0. The Bertz CT molecular complexity index is 4580. The lowest BCUT2D eigenvalue weighted by atomic mass is 9.79. The highest BCUT2D eigenvalue weighted by atomic mass is 16.5. The highest BCUT2D eigenvalue weighted by Gasteiger charge is 2.34. The van der Waals surface area contributed by atoms with E-state index in [-0.39, 0.29) is 56.5 Å². The third-order valence-electron chi connectivity index (χ3n) is 24.5. The topological polar surface area (TPSA) is 73.8 Å². The average Bonchev–Trinajstić information content (AvgIpc) is 0.832. The van der Waals surface area contributed by atoms with E-state index < -0.39 is 0 Å². The van der Waals surface area contributed by atoms with Gasteiger partial charge in [-0.3, -0.25) is 0 Å². The summed E-state index contributed by atoms with van der Waals surface area (Å²) in [6.07, 6.45) is 9.52. The number of benzene rings is 9. The molecule has 2 aliphatic heterocycles. The lowest BCUT2D eigenvalue weighted by Crippen LogP contribution is -2.17. The summed E-state index contributed by atoms with van der Waals surface area (Å²) < 4.78 is 60.7. The molecule has 0 spiro atoms. The van der Waals surface area contributed by atoms with Gasteiger partial charge in [0.15, 0.2) is 0 Å². The predicted octanol–water partition coefficient (Wildman–Crippen LogP) is 29.3. The molecule has 0 saturated carbocycles. The van der Waals surface area contributed by atoms with Crippen molar-refractivity contribution in [2.75, 3.05) is 39.6 Å². The van der Waals surface area contributed by atoms with Crippen molar-refractivity contribution in [1.82, 2.24) is 0 Å². The minimum atomic E-state index is -0.275. The quantitative estimate of drug-likeness (QED) is 0.0841. The molecular weight excluding hydrogens is 1500 g/mol. The van der Waals surface area contributed by atoms with Gasteiger partial charge in [0.05, 0.1) is 39.6 Å². The largest absolute Gasteiger partial charge is 0.493 e. The van der Waals surface area contributed by atoms with Gasteiger partial charge in [-0.25, -0.2) is 0 Å². The zero-order chi connectivity index (χ0) is 89.0. The Balaban J connectivity index is 1.37. The van der Waals surface area contributed by atoms with Crippen molar-refractivity contribution < 1.29 is 37.9 Å². The van der Waals surface area contributed by atoms with E-state index in [2.05, 4.69) is 329 Å². The minimum absolute atomic E-state index is 0.227. The van der Waals surface area contributed by atoms with Crippen LogP contribution in [0.4, 0.5) is 0 Å². The van der Waals surface area contributed by atoms with Crippen LogP contribution in [0.3, 0.4) is 0 Å². The van der Waals surface area contributed by atoms with E-state index in [1.165, 1.54) is 44.5 Å². The molecule has 0 fully saturated rings. The van der Waals surface area contributed by atoms with E-state index in [0.717, 1.165) is 185 Å². The maximum Gasteiger partial charge on any atom is 0.126 e. The number of hydrogen-bond donors (Lipinski definition) is 0. The molecule has 0 aliphatic carbocycles. The van der Waals surface area contributed by atoms with E-state index in [9.17, 15) is 0 Å². The van der Waals surface area contributed by atoms with E-state index in [0.29, 0.717) is 91.0 Å². The second-order valence-corrected chi connectivity index (χ2v) is 43.8. The van der Waals surface area contributed by atoms with Gasteiger partial charge < -0.3 is 37.9 Å². The molecule has 0 N–H and O–H groups in total. The summed E-state index contributed by atoms with van der Waals surface area (Å²) in [5.74, 6) is 7.29. The summed E-state index contributed by atoms with van der Waals surface area (Å²) in [4.78, 5) is 0. The first-order chi connectivity index (χ1) is 57.2. The van der Waals surface area contributed by atoms with E-state index in [1.54, 1.807) is 0 Å². The third kappa shape index (κ3) is 22.7. The summed E-state index contributed by atoms with van der Waals surface area (Å²) in [5, 5.41) is 0. The van der Waals surface area contributed by atoms with Gasteiger partial charge in [-0.1, -0.05) is 329 Å². The fourth-order valence-corrected chi connectivity index (χ4v) is 17.1. The first-order valence-electron chi connectivity index (χ1n) is 46.6. The molecule has 0 amide bonds. The van der Waals surface area contributed by atoms with E-state index >= 15 is 0 Å². The van der Waals surface area contributed by atoms with Crippen molar-refractivity contribution in [2.24, 2.45) is 0 Å². The molecule has 9 aromatic carbocycles. The molecule has 0 unspecified atom stereocenters. The van der Waals surface area contributed by atoms with Gasteiger partial charge in [0.25, 0.3) is 0 Å². The van der Waals surface area contributed by atoms with Crippen molar-refractivity contribution in [2.45, 2.75) is 354 Å². The molecule has 14 bridgehead atoms. The smallest absolute Gasteiger partial charge is 0.126 e. The van der Waals surface area contributed by atoms with Crippen molar-refractivity contribution in [3.05, 3.63) is 266 Å². The molecular formula is C114H154O8. The molecule has 0 atom stereocenters. The Hall–Kier alpha value is -8.62. The summed E-state index contributed by atoms with van der Waals surface area (Å²) in [5.41, 5.74) is 28.1. The molecule has 0 radical (unpaired) electrons. The molecule has 0 aromatic heterocycles. The van der Waals surface area contributed by atoms with Crippen LogP contribution in [-0.2, 0) is 108 Å². The molecule has 2 aliphatic rings. The number of fused-ring (bicyclic) bond motifs is 14.